The van der Waals surface area contributed by atoms with Gasteiger partial charge in [0.15, 0.2) is 0 Å². The first-order valence-corrected chi connectivity index (χ1v) is 5.51. The van der Waals surface area contributed by atoms with Crippen molar-refractivity contribution in [1.29, 1.82) is 0 Å². The summed E-state index contributed by atoms with van der Waals surface area (Å²) in [5, 5.41) is 0. The summed E-state index contributed by atoms with van der Waals surface area (Å²) in [7, 11) is 3.59. The molecule has 0 saturated carbocycles. The van der Waals surface area contributed by atoms with Gasteiger partial charge in [0.2, 0.25) is 0 Å². The van der Waals surface area contributed by atoms with E-state index in [9.17, 15) is 0 Å². The number of methoxy groups -OCH3 is 1. The largest absolute Gasteiger partial charge is 0.496 e. The summed E-state index contributed by atoms with van der Waals surface area (Å²) < 4.78 is 7.23. The van der Waals surface area contributed by atoms with Gasteiger partial charge in [0, 0.05) is 18.8 Å². The lowest BCUT2D eigenvalue weighted by Gasteiger charge is -2.04. The van der Waals surface area contributed by atoms with Crippen molar-refractivity contribution in [3.63, 3.8) is 0 Å². The highest BCUT2D eigenvalue weighted by molar-refractivity contribution is 6.16. The number of aromatic nitrogens is 2. The molecule has 0 aliphatic carbocycles. The maximum atomic E-state index is 5.79. The zero-order valence-corrected chi connectivity index (χ0v) is 10.0. The fraction of sp³-hybridized carbons (Fsp3) is 0.250. The van der Waals surface area contributed by atoms with Crippen LogP contribution in [0, 0.1) is 0 Å². The molecule has 0 fully saturated rings. The molecule has 84 valence electrons. The third-order valence-corrected chi connectivity index (χ3v) is 2.71. The van der Waals surface area contributed by atoms with Crippen LogP contribution in [0.25, 0.3) is 11.3 Å². The van der Waals surface area contributed by atoms with E-state index in [4.69, 9.17) is 16.3 Å². The van der Waals surface area contributed by atoms with Gasteiger partial charge < -0.3 is 9.30 Å². The number of hydrogen-bond donors (Lipinski definition) is 0. The molecule has 4 heteroatoms. The van der Waals surface area contributed by atoms with Crippen molar-refractivity contribution < 1.29 is 4.74 Å². The van der Waals surface area contributed by atoms with Crippen molar-refractivity contribution in [2.24, 2.45) is 7.05 Å². The van der Waals surface area contributed by atoms with E-state index < -0.39 is 0 Å². The number of para-hydroxylation sites is 1. The molecule has 1 aromatic heterocycles. The van der Waals surface area contributed by atoms with Crippen molar-refractivity contribution >= 4 is 11.6 Å². The molecule has 16 heavy (non-hydrogen) atoms. The third-order valence-electron chi connectivity index (χ3n) is 2.48. The van der Waals surface area contributed by atoms with Gasteiger partial charge in [-0.15, -0.1) is 11.6 Å². The van der Waals surface area contributed by atoms with Crippen LogP contribution >= 0.6 is 11.6 Å². The Balaban J connectivity index is 2.49. The van der Waals surface area contributed by atoms with E-state index in [-0.39, 0.29) is 0 Å². The third kappa shape index (κ3) is 1.91. The maximum absolute atomic E-state index is 5.79. The predicted octanol–water partition coefficient (Wildman–Crippen LogP) is 2.83. The number of halogens is 1. The van der Waals surface area contributed by atoms with E-state index in [1.807, 2.05) is 42.1 Å². The monoisotopic (exact) mass is 236 g/mol. The number of imidazole rings is 1. The Hall–Kier alpha value is -1.48. The highest BCUT2D eigenvalue weighted by Crippen LogP contribution is 2.28. The first kappa shape index (κ1) is 11.0. The smallest absolute Gasteiger partial charge is 0.128 e. The fourth-order valence-electron chi connectivity index (χ4n) is 1.61. The lowest BCUT2D eigenvalue weighted by molar-refractivity contribution is 0.416. The molecule has 2 aromatic rings. The molecule has 0 amide bonds. The van der Waals surface area contributed by atoms with Gasteiger partial charge in [-0.05, 0) is 12.1 Å². The molecule has 0 unspecified atom stereocenters. The molecule has 0 saturated heterocycles. The van der Waals surface area contributed by atoms with Gasteiger partial charge in [0.1, 0.15) is 11.6 Å². The number of rotatable bonds is 3. The van der Waals surface area contributed by atoms with Crippen LogP contribution < -0.4 is 4.74 Å². The number of ether oxygens (including phenoxy) is 1. The SMILES string of the molecule is COc1ccccc1-c1cn(C)c(CCl)n1. The summed E-state index contributed by atoms with van der Waals surface area (Å²) in [6.07, 6.45) is 1.95. The van der Waals surface area contributed by atoms with E-state index in [0.717, 1.165) is 22.8 Å². The second-order valence-corrected chi connectivity index (χ2v) is 3.75. The Labute approximate surface area is 99.6 Å². The molecule has 1 heterocycles. The van der Waals surface area contributed by atoms with Crippen LogP contribution in [0.3, 0.4) is 0 Å². The van der Waals surface area contributed by atoms with E-state index in [0.29, 0.717) is 5.88 Å². The highest BCUT2D eigenvalue weighted by atomic mass is 35.5. The fourth-order valence-corrected chi connectivity index (χ4v) is 1.86. The molecule has 0 atom stereocenters. The average Bonchev–Trinajstić information content (AvgIpc) is 2.70. The molecule has 0 bridgehead atoms. The molecule has 0 spiro atoms. The summed E-state index contributed by atoms with van der Waals surface area (Å²) >= 11 is 5.79. The van der Waals surface area contributed by atoms with Crippen LogP contribution in [0.1, 0.15) is 5.82 Å². The quantitative estimate of drug-likeness (QED) is 0.767. The van der Waals surface area contributed by atoms with Gasteiger partial charge in [-0.1, -0.05) is 12.1 Å². The molecule has 0 radical (unpaired) electrons. The van der Waals surface area contributed by atoms with Crippen molar-refractivity contribution in [3.05, 3.63) is 36.3 Å². The topological polar surface area (TPSA) is 27.1 Å². The Bertz CT molecular complexity index is 494. The molecular formula is C12H13ClN2O. The normalized spacial score (nSPS) is 10.4. The van der Waals surface area contributed by atoms with E-state index in [2.05, 4.69) is 4.98 Å². The Morgan fingerprint density at radius 1 is 1.38 bits per heavy atom. The predicted molar refractivity (Wildman–Crippen MR) is 64.8 cm³/mol. The van der Waals surface area contributed by atoms with Gasteiger partial charge in [-0.2, -0.15) is 0 Å². The Morgan fingerprint density at radius 3 is 2.75 bits per heavy atom. The maximum Gasteiger partial charge on any atom is 0.128 e. The van der Waals surface area contributed by atoms with Crippen LogP contribution in [0.5, 0.6) is 5.75 Å². The summed E-state index contributed by atoms with van der Waals surface area (Å²) in [6.45, 7) is 0. The molecule has 1 aromatic carbocycles. The van der Waals surface area contributed by atoms with Crippen molar-refractivity contribution in [3.8, 4) is 17.0 Å². The highest BCUT2D eigenvalue weighted by Gasteiger charge is 2.10. The van der Waals surface area contributed by atoms with Crippen LogP contribution in [-0.4, -0.2) is 16.7 Å². The van der Waals surface area contributed by atoms with Crippen LogP contribution in [0.4, 0.5) is 0 Å². The van der Waals surface area contributed by atoms with Gasteiger partial charge in [-0.25, -0.2) is 4.98 Å². The number of nitrogens with zero attached hydrogens (tertiary/aromatic N) is 2. The van der Waals surface area contributed by atoms with Crippen molar-refractivity contribution in [2.45, 2.75) is 5.88 Å². The van der Waals surface area contributed by atoms with Gasteiger partial charge >= 0.3 is 0 Å². The summed E-state index contributed by atoms with van der Waals surface area (Å²) in [5.41, 5.74) is 1.87. The second kappa shape index (κ2) is 4.58. The molecular weight excluding hydrogens is 224 g/mol. The lowest BCUT2D eigenvalue weighted by Crippen LogP contribution is -1.91. The minimum atomic E-state index is 0.408. The molecule has 0 N–H and O–H groups in total. The number of benzene rings is 1. The Kier molecular flexibility index (Phi) is 3.15. The van der Waals surface area contributed by atoms with E-state index in [1.165, 1.54) is 0 Å². The average molecular weight is 237 g/mol. The molecule has 0 aliphatic heterocycles. The number of hydrogen-bond acceptors (Lipinski definition) is 2. The van der Waals surface area contributed by atoms with Crippen molar-refractivity contribution in [1.82, 2.24) is 9.55 Å². The minimum Gasteiger partial charge on any atom is -0.496 e. The second-order valence-electron chi connectivity index (χ2n) is 3.49. The first-order valence-electron chi connectivity index (χ1n) is 4.98. The molecule has 3 nitrogen and oxygen atoms in total. The molecule has 0 aliphatic rings. The zero-order chi connectivity index (χ0) is 11.5. The standard InChI is InChI=1S/C12H13ClN2O/c1-15-8-10(14-12(15)7-13)9-5-3-4-6-11(9)16-2/h3-6,8H,7H2,1-2H3. The van der Waals surface area contributed by atoms with Crippen LogP contribution in [-0.2, 0) is 12.9 Å². The minimum absolute atomic E-state index is 0.408. The van der Waals surface area contributed by atoms with Gasteiger partial charge in [0.05, 0.1) is 18.7 Å². The first-order chi connectivity index (χ1) is 7.76. The van der Waals surface area contributed by atoms with Crippen LogP contribution in [0.15, 0.2) is 30.5 Å². The van der Waals surface area contributed by atoms with Gasteiger partial charge in [0.25, 0.3) is 0 Å². The van der Waals surface area contributed by atoms with E-state index >= 15 is 0 Å². The number of aryl methyl sites for hydroxylation is 1. The van der Waals surface area contributed by atoms with Gasteiger partial charge in [-0.3, -0.25) is 0 Å². The van der Waals surface area contributed by atoms with Crippen molar-refractivity contribution in [2.75, 3.05) is 7.11 Å². The molecule has 2 rings (SSSR count). The Morgan fingerprint density at radius 2 is 2.12 bits per heavy atom. The summed E-state index contributed by atoms with van der Waals surface area (Å²) in [5.74, 6) is 2.08. The zero-order valence-electron chi connectivity index (χ0n) is 9.27. The summed E-state index contributed by atoms with van der Waals surface area (Å²) in [6, 6.07) is 7.81. The lowest BCUT2D eigenvalue weighted by atomic mass is 10.1. The number of alkyl halides is 1. The summed E-state index contributed by atoms with van der Waals surface area (Å²) in [4.78, 5) is 4.46. The van der Waals surface area contributed by atoms with Crippen LogP contribution in [0.2, 0.25) is 0 Å². The van der Waals surface area contributed by atoms with E-state index in [1.54, 1.807) is 7.11 Å².